The molecule has 0 saturated heterocycles. The molecule has 0 spiro atoms. The molecule has 2 aromatic heterocycles. The van der Waals surface area contributed by atoms with Crippen LogP contribution in [0.5, 0.6) is 28.7 Å². The van der Waals surface area contributed by atoms with Crippen molar-refractivity contribution in [3.63, 3.8) is 0 Å². The van der Waals surface area contributed by atoms with E-state index < -0.39 is 0 Å². The molecule has 0 atom stereocenters. The molecule has 192 valence electrons. The number of fused-ring (bicyclic) bond motifs is 1. The average Bonchev–Trinajstić information content (AvgIpc) is 3.39. The van der Waals surface area contributed by atoms with E-state index in [4.69, 9.17) is 28.7 Å². The summed E-state index contributed by atoms with van der Waals surface area (Å²) in [6, 6.07) is 10.9. The highest BCUT2D eigenvalue weighted by Crippen LogP contribution is 2.41. The van der Waals surface area contributed by atoms with E-state index in [1.165, 1.54) is 24.5 Å². The van der Waals surface area contributed by atoms with Crippen molar-refractivity contribution in [1.29, 1.82) is 0 Å². The van der Waals surface area contributed by atoms with Gasteiger partial charge in [0, 0.05) is 18.5 Å². The van der Waals surface area contributed by atoms with Crippen molar-refractivity contribution in [3.8, 4) is 28.7 Å². The molecule has 0 aliphatic rings. The second kappa shape index (κ2) is 11.6. The molecule has 0 fully saturated rings. The first kappa shape index (κ1) is 25.8. The zero-order valence-corrected chi connectivity index (χ0v) is 22.0. The Bertz CT molecular complexity index is 1350. The van der Waals surface area contributed by atoms with Crippen LogP contribution in [0.4, 0.5) is 5.13 Å². The van der Waals surface area contributed by atoms with Crippen molar-refractivity contribution in [2.45, 2.75) is 6.54 Å². The molecular formula is C27H27N3O6S. The number of hydrogen-bond acceptors (Lipinski definition) is 9. The predicted molar refractivity (Wildman–Crippen MR) is 143 cm³/mol. The highest BCUT2D eigenvalue weighted by molar-refractivity contribution is 7.22. The number of carbonyl (C=O) groups is 1. The molecule has 9 nitrogen and oxygen atoms in total. The highest BCUT2D eigenvalue weighted by Gasteiger charge is 2.22. The minimum absolute atomic E-state index is 0.269. The van der Waals surface area contributed by atoms with E-state index in [-0.39, 0.29) is 12.5 Å². The second-order valence-electron chi connectivity index (χ2n) is 7.72. The Kier molecular flexibility index (Phi) is 8.09. The molecule has 10 heteroatoms. The predicted octanol–water partition coefficient (Wildman–Crippen LogP) is 4.98. The number of methoxy groups -OCH3 is 5. The lowest BCUT2D eigenvalue weighted by Crippen LogP contribution is -2.28. The van der Waals surface area contributed by atoms with E-state index in [9.17, 15) is 4.79 Å². The largest absolute Gasteiger partial charge is 0.495 e. The Morgan fingerprint density at radius 2 is 1.59 bits per heavy atom. The monoisotopic (exact) mass is 521 g/mol. The molecule has 0 radical (unpaired) electrons. The topological polar surface area (TPSA) is 92.2 Å². The summed E-state index contributed by atoms with van der Waals surface area (Å²) in [6.07, 6.45) is 6.58. The van der Waals surface area contributed by atoms with Gasteiger partial charge in [0.25, 0.3) is 5.91 Å². The lowest BCUT2D eigenvalue weighted by atomic mass is 10.1. The molecular weight excluding hydrogens is 494 g/mol. The third-order valence-electron chi connectivity index (χ3n) is 5.56. The van der Waals surface area contributed by atoms with Crippen molar-refractivity contribution in [2.75, 3.05) is 40.4 Å². The molecule has 4 aromatic rings. The fraction of sp³-hybridized carbons (Fsp3) is 0.222. The van der Waals surface area contributed by atoms with Crippen LogP contribution in [0.3, 0.4) is 0 Å². The zero-order chi connectivity index (χ0) is 26.4. The van der Waals surface area contributed by atoms with Crippen LogP contribution < -0.4 is 28.6 Å². The van der Waals surface area contributed by atoms with Gasteiger partial charge in [0.15, 0.2) is 16.6 Å². The van der Waals surface area contributed by atoms with Crippen LogP contribution in [0.15, 0.2) is 54.9 Å². The van der Waals surface area contributed by atoms with Crippen LogP contribution >= 0.6 is 11.3 Å². The number of amides is 1. The highest BCUT2D eigenvalue weighted by atomic mass is 32.1. The molecule has 0 N–H and O–H groups in total. The molecule has 0 bridgehead atoms. The van der Waals surface area contributed by atoms with Gasteiger partial charge in [0.2, 0.25) is 5.75 Å². The zero-order valence-electron chi connectivity index (χ0n) is 21.2. The molecule has 37 heavy (non-hydrogen) atoms. The third kappa shape index (κ3) is 5.44. The summed E-state index contributed by atoms with van der Waals surface area (Å²) >= 11 is 1.35. The van der Waals surface area contributed by atoms with Gasteiger partial charge in [0.05, 0.1) is 42.1 Å². The number of rotatable bonds is 10. The average molecular weight is 522 g/mol. The van der Waals surface area contributed by atoms with Gasteiger partial charge in [-0.2, -0.15) is 0 Å². The fourth-order valence-electron chi connectivity index (χ4n) is 3.76. The Morgan fingerprint density at radius 3 is 2.19 bits per heavy atom. The van der Waals surface area contributed by atoms with Gasteiger partial charge in [0.1, 0.15) is 21.7 Å². The fourth-order valence-corrected chi connectivity index (χ4v) is 4.84. The number of pyridine rings is 1. The Morgan fingerprint density at radius 1 is 0.919 bits per heavy atom. The maximum absolute atomic E-state index is 13.6. The summed E-state index contributed by atoms with van der Waals surface area (Å²) in [5.74, 6) is 2.44. The smallest absolute Gasteiger partial charge is 0.253 e. The standard InChI is InChI=1S/C27H27N3O6S/c1-32-19-9-10-20(33-2)26-24(19)29-27(37-26)30(16-18-7-6-12-28-15-18)23(31)11-8-17-13-21(34-3)25(36-5)22(14-17)35-4/h6-15H,16H2,1-5H3/b11-8+. The maximum Gasteiger partial charge on any atom is 0.253 e. The number of hydrogen-bond donors (Lipinski definition) is 0. The number of ether oxygens (including phenoxy) is 5. The molecule has 1 amide bonds. The normalized spacial score (nSPS) is 10.9. The molecule has 4 rings (SSSR count). The molecule has 0 aliphatic carbocycles. The van der Waals surface area contributed by atoms with E-state index in [2.05, 4.69) is 4.98 Å². The number of carbonyl (C=O) groups excluding carboxylic acids is 1. The Labute approximate surface area is 218 Å². The van der Waals surface area contributed by atoms with Crippen molar-refractivity contribution in [1.82, 2.24) is 9.97 Å². The van der Waals surface area contributed by atoms with Crippen molar-refractivity contribution < 1.29 is 28.5 Å². The van der Waals surface area contributed by atoms with Gasteiger partial charge in [-0.15, -0.1) is 0 Å². The minimum atomic E-state index is -0.269. The van der Waals surface area contributed by atoms with Crippen LogP contribution in [0.2, 0.25) is 0 Å². The molecule has 0 aliphatic heterocycles. The first-order valence-electron chi connectivity index (χ1n) is 11.2. The number of aromatic nitrogens is 2. The van der Waals surface area contributed by atoms with Gasteiger partial charge in [-0.3, -0.25) is 14.7 Å². The number of benzene rings is 2. The summed E-state index contributed by atoms with van der Waals surface area (Å²) in [5, 5.41) is 0.501. The van der Waals surface area contributed by atoms with E-state index in [0.717, 1.165) is 10.3 Å². The van der Waals surface area contributed by atoms with Crippen molar-refractivity contribution >= 4 is 38.7 Å². The van der Waals surface area contributed by atoms with Gasteiger partial charge in [-0.25, -0.2) is 4.98 Å². The Balaban J connectivity index is 1.74. The van der Waals surface area contributed by atoms with Crippen LogP contribution in [0.1, 0.15) is 11.1 Å². The molecule has 2 heterocycles. The first-order valence-corrected chi connectivity index (χ1v) is 12.0. The second-order valence-corrected chi connectivity index (χ2v) is 8.70. The van der Waals surface area contributed by atoms with Gasteiger partial charge in [-0.05, 0) is 47.5 Å². The third-order valence-corrected chi connectivity index (χ3v) is 6.66. The van der Waals surface area contributed by atoms with Crippen LogP contribution in [-0.2, 0) is 11.3 Å². The van der Waals surface area contributed by atoms with Gasteiger partial charge in [-0.1, -0.05) is 17.4 Å². The maximum atomic E-state index is 13.6. The minimum Gasteiger partial charge on any atom is -0.495 e. The van der Waals surface area contributed by atoms with E-state index >= 15 is 0 Å². The summed E-state index contributed by atoms with van der Waals surface area (Å²) in [5.41, 5.74) is 2.19. The van der Waals surface area contributed by atoms with Crippen molar-refractivity contribution in [3.05, 3.63) is 66.0 Å². The molecule has 2 aromatic carbocycles. The summed E-state index contributed by atoms with van der Waals surface area (Å²) in [4.78, 5) is 24.1. The lowest BCUT2D eigenvalue weighted by Gasteiger charge is -2.18. The van der Waals surface area contributed by atoms with Gasteiger partial charge >= 0.3 is 0 Å². The SMILES string of the molecule is COc1cc(/C=C/C(=O)N(Cc2cccnc2)c2nc3c(OC)ccc(OC)c3s2)cc(OC)c1OC. The quantitative estimate of drug-likeness (QED) is 0.270. The van der Waals surface area contributed by atoms with E-state index in [1.807, 2.05) is 18.2 Å². The summed E-state index contributed by atoms with van der Waals surface area (Å²) < 4.78 is 28.0. The van der Waals surface area contributed by atoms with Crippen LogP contribution in [-0.4, -0.2) is 51.4 Å². The number of anilines is 1. The van der Waals surface area contributed by atoms with Crippen LogP contribution in [0.25, 0.3) is 16.3 Å². The number of nitrogens with zero attached hydrogens (tertiary/aromatic N) is 3. The number of thiazole rings is 1. The van der Waals surface area contributed by atoms with Crippen molar-refractivity contribution in [2.24, 2.45) is 0 Å². The van der Waals surface area contributed by atoms with Crippen LogP contribution in [0, 0.1) is 0 Å². The molecule has 0 saturated carbocycles. The Hall–Kier alpha value is -4.31. The molecule has 0 unspecified atom stereocenters. The summed E-state index contributed by atoms with van der Waals surface area (Å²) in [7, 11) is 7.80. The van der Waals surface area contributed by atoms with Gasteiger partial charge < -0.3 is 23.7 Å². The first-order chi connectivity index (χ1) is 18.0. The van der Waals surface area contributed by atoms with E-state index in [1.54, 1.807) is 70.0 Å². The van der Waals surface area contributed by atoms with E-state index in [0.29, 0.717) is 45.0 Å². The lowest BCUT2D eigenvalue weighted by molar-refractivity contribution is -0.114. The summed E-state index contributed by atoms with van der Waals surface area (Å²) in [6.45, 7) is 0.275.